The summed E-state index contributed by atoms with van der Waals surface area (Å²) in [6, 6.07) is 0. The first-order chi connectivity index (χ1) is 4.62. The minimum atomic E-state index is 0.640. The molecular weight excluding hydrogens is 120 g/mol. The quantitative estimate of drug-likeness (QED) is 0.449. The van der Waals surface area contributed by atoms with Crippen molar-refractivity contribution >= 4 is 0 Å². The Kier molecular flexibility index (Phi) is 1.07. The third kappa shape index (κ3) is 0.680. The molecular formula is C10H16. The fourth-order valence-electron chi connectivity index (χ4n) is 2.41. The zero-order chi connectivity index (χ0) is 7.35. The van der Waals surface area contributed by atoms with E-state index in [0.717, 1.165) is 17.8 Å². The van der Waals surface area contributed by atoms with Crippen molar-refractivity contribution in [3.63, 3.8) is 0 Å². The van der Waals surface area contributed by atoms with E-state index in [2.05, 4.69) is 32.9 Å². The highest BCUT2D eigenvalue weighted by atomic mass is 14.6. The summed E-state index contributed by atoms with van der Waals surface area (Å²) in [5, 5.41) is 0. The second-order valence-corrected chi connectivity index (χ2v) is 4.55. The number of hydrogen-bond acceptors (Lipinski definition) is 0. The van der Waals surface area contributed by atoms with Crippen molar-refractivity contribution in [1.82, 2.24) is 0 Å². The molecule has 0 aromatic heterocycles. The predicted molar refractivity (Wildman–Crippen MR) is 43.7 cm³/mol. The Balaban J connectivity index is 2.16. The molecule has 2 aliphatic rings. The van der Waals surface area contributed by atoms with Crippen molar-refractivity contribution in [1.29, 1.82) is 0 Å². The van der Waals surface area contributed by atoms with E-state index in [1.807, 2.05) is 0 Å². The number of hydrogen-bond donors (Lipinski definition) is 0. The molecule has 56 valence electrons. The monoisotopic (exact) mass is 136 g/mol. The smallest absolute Gasteiger partial charge is 0.0145 e. The first kappa shape index (κ1) is 6.45. The van der Waals surface area contributed by atoms with Crippen LogP contribution in [-0.2, 0) is 0 Å². The fraction of sp³-hybridized carbons (Fsp3) is 0.800. The summed E-state index contributed by atoms with van der Waals surface area (Å²) in [6.45, 7) is 7.11. The molecule has 0 spiro atoms. The van der Waals surface area contributed by atoms with Gasteiger partial charge in [-0.15, -0.1) is 0 Å². The van der Waals surface area contributed by atoms with Gasteiger partial charge >= 0.3 is 0 Å². The van der Waals surface area contributed by atoms with Gasteiger partial charge in [-0.1, -0.05) is 32.9 Å². The summed E-state index contributed by atoms with van der Waals surface area (Å²) >= 11 is 0. The fourth-order valence-corrected chi connectivity index (χ4v) is 2.41. The Morgan fingerprint density at radius 2 is 2.00 bits per heavy atom. The van der Waals surface area contributed by atoms with E-state index in [1.165, 1.54) is 6.42 Å². The Morgan fingerprint density at radius 3 is 2.50 bits per heavy atom. The van der Waals surface area contributed by atoms with Gasteiger partial charge in [0.2, 0.25) is 0 Å². The van der Waals surface area contributed by atoms with Gasteiger partial charge in [0, 0.05) is 0 Å². The highest BCUT2D eigenvalue weighted by Crippen LogP contribution is 2.63. The summed E-state index contributed by atoms with van der Waals surface area (Å²) in [7, 11) is 0. The molecule has 0 amide bonds. The van der Waals surface area contributed by atoms with Gasteiger partial charge in [-0.2, -0.15) is 0 Å². The third-order valence-corrected chi connectivity index (χ3v) is 3.41. The zero-order valence-electron chi connectivity index (χ0n) is 7.09. The zero-order valence-corrected chi connectivity index (χ0v) is 7.09. The largest absolute Gasteiger partial charge is 0.0854 e. The van der Waals surface area contributed by atoms with Gasteiger partial charge in [0.15, 0.2) is 0 Å². The minimum absolute atomic E-state index is 0.640. The van der Waals surface area contributed by atoms with Crippen LogP contribution < -0.4 is 0 Å². The molecule has 0 heterocycles. The van der Waals surface area contributed by atoms with Gasteiger partial charge in [0.1, 0.15) is 0 Å². The standard InChI is InChI=1S/C10H16/c1-7-4-5-8-9(6-7)10(8,2)3/h4-5,7-9H,6H2,1-3H3/t7-,8-,9?/m1/s1. The molecule has 1 unspecified atom stereocenters. The van der Waals surface area contributed by atoms with E-state index in [1.54, 1.807) is 0 Å². The lowest BCUT2D eigenvalue weighted by atomic mass is 9.97. The van der Waals surface area contributed by atoms with Crippen LogP contribution in [0.1, 0.15) is 27.2 Å². The van der Waals surface area contributed by atoms with Gasteiger partial charge < -0.3 is 0 Å². The van der Waals surface area contributed by atoms with Crippen molar-refractivity contribution in [2.45, 2.75) is 27.2 Å². The van der Waals surface area contributed by atoms with E-state index in [9.17, 15) is 0 Å². The van der Waals surface area contributed by atoms with Crippen LogP contribution in [0.2, 0.25) is 0 Å². The van der Waals surface area contributed by atoms with Crippen LogP contribution in [0.15, 0.2) is 12.2 Å². The maximum atomic E-state index is 2.43. The number of rotatable bonds is 0. The summed E-state index contributed by atoms with van der Waals surface area (Å²) in [6.07, 6.45) is 6.24. The molecule has 0 aliphatic heterocycles. The highest BCUT2D eigenvalue weighted by molar-refractivity contribution is 5.18. The molecule has 0 nitrogen and oxygen atoms in total. The molecule has 1 fully saturated rings. The first-order valence-corrected chi connectivity index (χ1v) is 4.30. The van der Waals surface area contributed by atoms with Crippen LogP contribution in [-0.4, -0.2) is 0 Å². The Morgan fingerprint density at radius 1 is 1.30 bits per heavy atom. The topological polar surface area (TPSA) is 0 Å². The normalized spacial score (nSPS) is 48.5. The summed E-state index contributed by atoms with van der Waals surface area (Å²) in [5.41, 5.74) is 0.640. The Labute approximate surface area is 63.3 Å². The molecule has 3 atom stereocenters. The average Bonchev–Trinajstić information content (AvgIpc) is 2.36. The van der Waals surface area contributed by atoms with Crippen molar-refractivity contribution < 1.29 is 0 Å². The Bertz CT molecular complexity index is 176. The SMILES string of the molecule is C[C@@H]1C=C[C@@H]2C(C1)C2(C)C. The van der Waals surface area contributed by atoms with Gasteiger partial charge in [0.25, 0.3) is 0 Å². The maximum absolute atomic E-state index is 2.43. The lowest BCUT2D eigenvalue weighted by molar-refractivity contribution is 0.487. The second kappa shape index (κ2) is 1.66. The van der Waals surface area contributed by atoms with Crippen LogP contribution in [0.25, 0.3) is 0 Å². The van der Waals surface area contributed by atoms with Gasteiger partial charge in [-0.25, -0.2) is 0 Å². The molecule has 0 heteroatoms. The lowest BCUT2D eigenvalue weighted by Gasteiger charge is -2.08. The van der Waals surface area contributed by atoms with Crippen LogP contribution in [0, 0.1) is 23.2 Å². The predicted octanol–water partition coefficient (Wildman–Crippen LogP) is 2.85. The van der Waals surface area contributed by atoms with Crippen LogP contribution in [0.3, 0.4) is 0 Å². The van der Waals surface area contributed by atoms with E-state index in [4.69, 9.17) is 0 Å². The lowest BCUT2D eigenvalue weighted by Crippen LogP contribution is -1.97. The van der Waals surface area contributed by atoms with Crippen molar-refractivity contribution in [3.05, 3.63) is 12.2 Å². The summed E-state index contributed by atoms with van der Waals surface area (Å²) in [4.78, 5) is 0. The molecule has 0 N–H and O–H groups in total. The maximum Gasteiger partial charge on any atom is -0.0145 e. The van der Waals surface area contributed by atoms with E-state index in [0.29, 0.717) is 5.41 Å². The Hall–Kier alpha value is -0.260. The molecule has 2 aliphatic carbocycles. The molecule has 0 aromatic carbocycles. The first-order valence-electron chi connectivity index (χ1n) is 4.30. The van der Waals surface area contributed by atoms with Gasteiger partial charge in [0.05, 0.1) is 0 Å². The van der Waals surface area contributed by atoms with Gasteiger partial charge in [-0.05, 0) is 29.6 Å². The van der Waals surface area contributed by atoms with Crippen molar-refractivity contribution in [3.8, 4) is 0 Å². The average molecular weight is 136 g/mol. The van der Waals surface area contributed by atoms with Crippen LogP contribution in [0.5, 0.6) is 0 Å². The molecule has 0 radical (unpaired) electrons. The minimum Gasteiger partial charge on any atom is -0.0854 e. The molecule has 0 bridgehead atoms. The van der Waals surface area contributed by atoms with Crippen molar-refractivity contribution in [2.75, 3.05) is 0 Å². The summed E-state index contributed by atoms with van der Waals surface area (Å²) < 4.78 is 0. The second-order valence-electron chi connectivity index (χ2n) is 4.55. The number of fused-ring (bicyclic) bond motifs is 1. The molecule has 0 aromatic rings. The molecule has 1 saturated carbocycles. The van der Waals surface area contributed by atoms with Crippen LogP contribution >= 0.6 is 0 Å². The van der Waals surface area contributed by atoms with Crippen LogP contribution in [0.4, 0.5) is 0 Å². The summed E-state index contributed by atoms with van der Waals surface area (Å²) in [5.74, 6) is 2.76. The highest BCUT2D eigenvalue weighted by Gasteiger charge is 2.56. The number of allylic oxidation sites excluding steroid dienone is 2. The molecule has 0 saturated heterocycles. The van der Waals surface area contributed by atoms with Gasteiger partial charge in [-0.3, -0.25) is 0 Å². The van der Waals surface area contributed by atoms with E-state index >= 15 is 0 Å². The van der Waals surface area contributed by atoms with Crippen molar-refractivity contribution in [2.24, 2.45) is 23.2 Å². The molecule has 10 heavy (non-hydrogen) atoms. The van der Waals surface area contributed by atoms with E-state index in [-0.39, 0.29) is 0 Å². The third-order valence-electron chi connectivity index (χ3n) is 3.41. The van der Waals surface area contributed by atoms with E-state index < -0.39 is 0 Å². The molecule has 2 rings (SSSR count).